The van der Waals surface area contributed by atoms with E-state index in [1.54, 1.807) is 12.0 Å². The quantitative estimate of drug-likeness (QED) is 0.332. The maximum atomic E-state index is 13.1. The number of nitrogens with zero attached hydrogens (tertiary/aromatic N) is 2. The summed E-state index contributed by atoms with van der Waals surface area (Å²) < 4.78 is 13.2. The summed E-state index contributed by atoms with van der Waals surface area (Å²) in [5.74, 6) is -0.158. The van der Waals surface area contributed by atoms with Gasteiger partial charge in [0, 0.05) is 37.4 Å². The lowest BCUT2D eigenvalue weighted by Gasteiger charge is -2.18. The van der Waals surface area contributed by atoms with E-state index in [-0.39, 0.29) is 24.5 Å². The Morgan fingerprint density at radius 2 is 2.27 bits per heavy atom. The fourth-order valence-corrected chi connectivity index (χ4v) is 5.55. The van der Waals surface area contributed by atoms with Crippen LogP contribution < -0.4 is 5.32 Å². The van der Waals surface area contributed by atoms with Crippen molar-refractivity contribution in [2.75, 3.05) is 33.4 Å². The van der Waals surface area contributed by atoms with Crippen LogP contribution >= 0.6 is 24.0 Å². The van der Waals surface area contributed by atoms with Gasteiger partial charge in [0.15, 0.2) is 0 Å². The number of benzene rings is 1. The van der Waals surface area contributed by atoms with Crippen molar-refractivity contribution in [2.24, 2.45) is 0 Å². The van der Waals surface area contributed by atoms with Gasteiger partial charge in [-0.2, -0.15) is 0 Å². The molecule has 1 atom stereocenters. The number of amides is 2. The predicted octanol–water partition coefficient (Wildman–Crippen LogP) is 3.35. The summed E-state index contributed by atoms with van der Waals surface area (Å²) in [7, 11) is 1.61. The van der Waals surface area contributed by atoms with Crippen molar-refractivity contribution >= 4 is 57.1 Å². The average molecular weight is 488 g/mol. The van der Waals surface area contributed by atoms with Crippen molar-refractivity contribution in [1.29, 1.82) is 0 Å². The topological polar surface area (TPSA) is 72.8 Å². The lowest BCUT2D eigenvalue weighted by atomic mass is 10.1. The molecule has 0 unspecified atom stereocenters. The van der Waals surface area contributed by atoms with E-state index >= 15 is 0 Å². The molecule has 176 valence electrons. The van der Waals surface area contributed by atoms with Crippen molar-refractivity contribution in [3.63, 3.8) is 0 Å². The minimum atomic E-state index is -0.0794. The number of aromatic nitrogens is 1. The highest BCUT2D eigenvalue weighted by Gasteiger charge is 2.34. The van der Waals surface area contributed by atoms with E-state index in [2.05, 4.69) is 18.3 Å². The van der Waals surface area contributed by atoms with Crippen LogP contribution in [0, 0.1) is 0 Å². The molecular weight excluding hydrogens is 458 g/mol. The molecule has 3 heterocycles. The third kappa shape index (κ3) is 5.32. The fourth-order valence-electron chi connectivity index (χ4n) is 4.28. The standard InChI is InChI=1S/C24H29N3O4S2/c1-3-16-6-4-8-19-17(13-26(22(16)19)15-21(28)25-9-11-30-2)12-20-23(29)27(24(32)33-20)14-18-7-5-10-31-18/h4,6,8,12-13,18H,3,5,7,9-11,14-15H2,1-2H3,(H,25,28)/b20-12-/t18-/m1/s1. The number of hydrogen-bond acceptors (Lipinski definition) is 6. The second-order valence-electron chi connectivity index (χ2n) is 8.15. The molecule has 0 saturated carbocycles. The van der Waals surface area contributed by atoms with Gasteiger partial charge in [0.05, 0.1) is 29.7 Å². The van der Waals surface area contributed by atoms with Gasteiger partial charge in [-0.15, -0.1) is 0 Å². The summed E-state index contributed by atoms with van der Waals surface area (Å²) in [6, 6.07) is 6.13. The predicted molar refractivity (Wildman–Crippen MR) is 135 cm³/mol. The van der Waals surface area contributed by atoms with Gasteiger partial charge >= 0.3 is 0 Å². The minimum absolute atomic E-state index is 0.0532. The molecule has 1 N–H and O–H groups in total. The van der Waals surface area contributed by atoms with Gasteiger partial charge in [-0.05, 0) is 30.9 Å². The van der Waals surface area contributed by atoms with E-state index in [9.17, 15) is 9.59 Å². The van der Waals surface area contributed by atoms with Gasteiger partial charge in [0.25, 0.3) is 5.91 Å². The zero-order chi connectivity index (χ0) is 23.4. The Morgan fingerprint density at radius 3 is 3.00 bits per heavy atom. The maximum absolute atomic E-state index is 13.1. The summed E-state index contributed by atoms with van der Waals surface area (Å²) in [6.45, 7) is 4.48. The molecule has 0 aliphatic carbocycles. The first-order valence-corrected chi connectivity index (χ1v) is 12.5. The van der Waals surface area contributed by atoms with Crippen molar-refractivity contribution in [3.05, 3.63) is 40.4 Å². The molecule has 7 nitrogen and oxygen atoms in total. The Hall–Kier alpha value is -2.20. The smallest absolute Gasteiger partial charge is 0.266 e. The van der Waals surface area contributed by atoms with E-state index in [4.69, 9.17) is 21.7 Å². The number of thiocarbonyl (C=S) groups is 1. The Kier molecular flexibility index (Phi) is 7.85. The SMILES string of the molecule is CCc1cccc2c(/C=C3\SC(=S)N(C[C@H]4CCCO4)C3=O)cn(CC(=O)NCCOC)c12. The molecule has 2 amide bonds. The van der Waals surface area contributed by atoms with Crippen LogP contribution in [0.3, 0.4) is 0 Å². The molecule has 0 radical (unpaired) electrons. The van der Waals surface area contributed by atoms with Crippen molar-refractivity contribution in [2.45, 2.75) is 38.8 Å². The number of nitrogens with one attached hydrogen (secondary N) is 1. The second kappa shape index (κ2) is 10.8. The number of thioether (sulfide) groups is 1. The second-order valence-corrected chi connectivity index (χ2v) is 9.83. The molecule has 33 heavy (non-hydrogen) atoms. The average Bonchev–Trinajstić information content (AvgIpc) is 3.50. The first-order valence-electron chi connectivity index (χ1n) is 11.2. The van der Waals surface area contributed by atoms with E-state index < -0.39 is 0 Å². The molecule has 9 heteroatoms. The molecule has 0 bridgehead atoms. The molecular formula is C24H29N3O4S2. The molecule has 1 aromatic carbocycles. The summed E-state index contributed by atoms with van der Waals surface area (Å²) in [4.78, 5) is 27.9. The molecule has 1 aromatic heterocycles. The molecule has 0 spiro atoms. The number of hydrogen-bond donors (Lipinski definition) is 1. The molecule has 2 aromatic rings. The lowest BCUT2D eigenvalue weighted by molar-refractivity contribution is -0.123. The van der Waals surface area contributed by atoms with E-state index in [0.717, 1.165) is 47.9 Å². The van der Waals surface area contributed by atoms with Crippen LogP contribution in [0.5, 0.6) is 0 Å². The Bertz CT molecular complexity index is 1090. The Balaban J connectivity index is 1.62. The Morgan fingerprint density at radius 1 is 1.42 bits per heavy atom. The van der Waals surface area contributed by atoms with Crippen LogP contribution in [-0.2, 0) is 32.0 Å². The number of carbonyl (C=O) groups is 2. The Labute approximate surface area is 203 Å². The molecule has 4 rings (SSSR count). The number of fused-ring (bicyclic) bond motifs is 1. The maximum Gasteiger partial charge on any atom is 0.266 e. The van der Waals surface area contributed by atoms with Gasteiger partial charge in [0.2, 0.25) is 5.91 Å². The highest BCUT2D eigenvalue weighted by atomic mass is 32.2. The van der Waals surface area contributed by atoms with Crippen LogP contribution in [0.25, 0.3) is 17.0 Å². The molecule has 2 aliphatic heterocycles. The monoisotopic (exact) mass is 487 g/mol. The molecule has 2 fully saturated rings. The van der Waals surface area contributed by atoms with Crippen LogP contribution in [-0.4, -0.2) is 65.1 Å². The number of rotatable bonds is 9. The largest absolute Gasteiger partial charge is 0.383 e. The normalized spacial score (nSPS) is 19.9. The van der Waals surface area contributed by atoms with Gasteiger partial charge < -0.3 is 19.4 Å². The number of ether oxygens (including phenoxy) is 2. The number of methoxy groups -OCH3 is 1. The summed E-state index contributed by atoms with van der Waals surface area (Å²) in [5, 5.41) is 3.89. The van der Waals surface area contributed by atoms with Crippen molar-refractivity contribution in [3.8, 4) is 0 Å². The van der Waals surface area contributed by atoms with E-state index in [1.807, 2.05) is 29.0 Å². The summed E-state index contributed by atoms with van der Waals surface area (Å²) in [6.07, 6.45) is 6.72. The first-order chi connectivity index (χ1) is 16.0. The van der Waals surface area contributed by atoms with Crippen LogP contribution in [0.1, 0.15) is 30.9 Å². The first kappa shape index (κ1) is 23.9. The lowest BCUT2D eigenvalue weighted by Crippen LogP contribution is -2.35. The zero-order valence-electron chi connectivity index (χ0n) is 19.0. The van der Waals surface area contributed by atoms with Crippen molar-refractivity contribution < 1.29 is 19.1 Å². The van der Waals surface area contributed by atoms with Gasteiger partial charge in [0.1, 0.15) is 10.9 Å². The third-order valence-corrected chi connectivity index (χ3v) is 7.28. The minimum Gasteiger partial charge on any atom is -0.383 e. The number of para-hydroxylation sites is 1. The van der Waals surface area contributed by atoms with E-state index in [0.29, 0.717) is 28.9 Å². The van der Waals surface area contributed by atoms with Crippen LogP contribution in [0.4, 0.5) is 0 Å². The van der Waals surface area contributed by atoms with Crippen LogP contribution in [0.15, 0.2) is 29.3 Å². The molecule has 2 aliphatic rings. The number of carbonyl (C=O) groups excluding carboxylic acids is 2. The van der Waals surface area contributed by atoms with Crippen LogP contribution in [0.2, 0.25) is 0 Å². The van der Waals surface area contributed by atoms with Gasteiger partial charge in [-0.1, -0.05) is 49.1 Å². The fraction of sp³-hybridized carbons (Fsp3) is 0.458. The van der Waals surface area contributed by atoms with Gasteiger partial charge in [-0.3, -0.25) is 14.5 Å². The van der Waals surface area contributed by atoms with E-state index in [1.165, 1.54) is 11.8 Å². The zero-order valence-corrected chi connectivity index (χ0v) is 20.6. The number of aryl methyl sites for hydroxylation is 1. The highest BCUT2D eigenvalue weighted by Crippen LogP contribution is 2.35. The summed E-state index contributed by atoms with van der Waals surface area (Å²) in [5.41, 5.74) is 3.08. The third-order valence-electron chi connectivity index (χ3n) is 5.91. The summed E-state index contributed by atoms with van der Waals surface area (Å²) >= 11 is 6.82. The molecule has 2 saturated heterocycles. The highest BCUT2D eigenvalue weighted by molar-refractivity contribution is 8.26. The van der Waals surface area contributed by atoms with Gasteiger partial charge in [-0.25, -0.2) is 0 Å². The van der Waals surface area contributed by atoms with Crippen molar-refractivity contribution in [1.82, 2.24) is 14.8 Å².